The lowest BCUT2D eigenvalue weighted by atomic mass is 9.80. The summed E-state index contributed by atoms with van der Waals surface area (Å²) in [4.78, 5) is 0. The fourth-order valence-corrected chi connectivity index (χ4v) is 2.78. The zero-order chi connectivity index (χ0) is 13.6. The quantitative estimate of drug-likeness (QED) is 0.910. The highest BCUT2D eigenvalue weighted by molar-refractivity contribution is 5.09. The summed E-state index contributed by atoms with van der Waals surface area (Å²) >= 11 is 0. The molecule has 0 bridgehead atoms. The van der Waals surface area contributed by atoms with Crippen molar-refractivity contribution in [3.05, 3.63) is 11.6 Å². The van der Waals surface area contributed by atoms with Crippen molar-refractivity contribution in [3.8, 4) is 0 Å². The highest BCUT2D eigenvalue weighted by Gasteiger charge is 2.37. The van der Waals surface area contributed by atoms with Gasteiger partial charge in [-0.25, -0.2) is 0 Å². The Morgan fingerprint density at radius 3 is 2.68 bits per heavy atom. The zero-order valence-corrected chi connectivity index (χ0v) is 12.6. The molecule has 19 heavy (non-hydrogen) atoms. The second-order valence-corrected chi connectivity index (χ2v) is 7.37. The third-order valence-electron chi connectivity index (χ3n) is 4.89. The minimum Gasteiger partial charge on any atom is -0.312 e. The topological polar surface area (TPSA) is 42.7 Å². The van der Waals surface area contributed by atoms with Crippen molar-refractivity contribution in [3.63, 3.8) is 0 Å². The first-order valence-electron chi connectivity index (χ1n) is 7.62. The lowest BCUT2D eigenvalue weighted by Gasteiger charge is -2.28. The van der Waals surface area contributed by atoms with Crippen molar-refractivity contribution >= 4 is 0 Å². The molecule has 0 spiro atoms. The molecule has 1 aliphatic heterocycles. The maximum absolute atomic E-state index is 4.48. The van der Waals surface area contributed by atoms with Crippen molar-refractivity contribution in [2.75, 3.05) is 6.54 Å². The molecule has 3 rings (SSSR count). The number of nitrogens with zero attached hydrogens (tertiary/aromatic N) is 3. The van der Waals surface area contributed by atoms with E-state index in [1.807, 2.05) is 0 Å². The van der Waals surface area contributed by atoms with Crippen LogP contribution in [0.15, 0.2) is 0 Å². The maximum Gasteiger partial charge on any atom is 0.150 e. The summed E-state index contributed by atoms with van der Waals surface area (Å²) in [6, 6.07) is 0.458. The molecule has 4 nitrogen and oxygen atoms in total. The Kier molecular flexibility index (Phi) is 3.16. The van der Waals surface area contributed by atoms with Crippen LogP contribution in [0.25, 0.3) is 0 Å². The van der Waals surface area contributed by atoms with Gasteiger partial charge in [-0.15, -0.1) is 10.2 Å². The molecule has 1 aliphatic carbocycles. The number of aromatic nitrogens is 3. The number of fused-ring (bicyclic) bond motifs is 1. The van der Waals surface area contributed by atoms with E-state index >= 15 is 0 Å². The van der Waals surface area contributed by atoms with E-state index < -0.39 is 0 Å². The van der Waals surface area contributed by atoms with Crippen LogP contribution in [0.4, 0.5) is 0 Å². The molecule has 1 aromatic heterocycles. The van der Waals surface area contributed by atoms with E-state index in [1.165, 1.54) is 24.5 Å². The monoisotopic (exact) mass is 262 g/mol. The second-order valence-electron chi connectivity index (χ2n) is 7.37. The molecule has 4 heteroatoms. The summed E-state index contributed by atoms with van der Waals surface area (Å²) in [6.07, 6.45) is 3.73. The average Bonchev–Trinajstić information content (AvgIpc) is 3.11. The minimum absolute atomic E-state index is 0.329. The molecule has 1 saturated carbocycles. The van der Waals surface area contributed by atoms with Gasteiger partial charge in [0, 0.05) is 19.5 Å². The molecule has 2 aliphatic rings. The van der Waals surface area contributed by atoms with E-state index in [-0.39, 0.29) is 0 Å². The summed E-state index contributed by atoms with van der Waals surface area (Å²) in [5.41, 5.74) is 0.329. The van der Waals surface area contributed by atoms with Gasteiger partial charge in [0.25, 0.3) is 0 Å². The molecule has 0 aromatic carbocycles. The maximum atomic E-state index is 4.48. The molecule has 1 aromatic rings. The SMILES string of the molecule is CC(Cc1nnc2n1CCNC2C1CC1)C(C)(C)C. The van der Waals surface area contributed by atoms with Gasteiger partial charge in [0.15, 0.2) is 5.82 Å². The zero-order valence-electron chi connectivity index (χ0n) is 12.6. The number of hydrogen-bond acceptors (Lipinski definition) is 3. The van der Waals surface area contributed by atoms with E-state index in [9.17, 15) is 0 Å². The summed E-state index contributed by atoms with van der Waals surface area (Å²) in [7, 11) is 0. The first kappa shape index (κ1) is 13.1. The summed E-state index contributed by atoms with van der Waals surface area (Å²) in [6.45, 7) is 11.3. The van der Waals surface area contributed by atoms with Crippen LogP contribution >= 0.6 is 0 Å². The van der Waals surface area contributed by atoms with Crippen LogP contribution in [0.1, 0.15) is 58.2 Å². The molecular formula is C15H26N4. The Labute approximate surface area is 116 Å². The van der Waals surface area contributed by atoms with Gasteiger partial charge in [0.1, 0.15) is 5.82 Å². The molecule has 106 valence electrons. The minimum atomic E-state index is 0.329. The van der Waals surface area contributed by atoms with Gasteiger partial charge in [0.05, 0.1) is 6.04 Å². The first-order valence-corrected chi connectivity index (χ1v) is 7.62. The van der Waals surface area contributed by atoms with Crippen LogP contribution in [0.5, 0.6) is 0 Å². The predicted octanol–water partition coefficient (Wildman–Crippen LogP) is 2.56. The van der Waals surface area contributed by atoms with Gasteiger partial charge in [-0.3, -0.25) is 0 Å². The summed E-state index contributed by atoms with van der Waals surface area (Å²) in [5.74, 6) is 3.79. The van der Waals surface area contributed by atoms with Gasteiger partial charge >= 0.3 is 0 Å². The molecular weight excluding hydrogens is 236 g/mol. The standard InChI is InChI=1S/C15H26N4/c1-10(15(2,3)4)9-12-17-18-14-13(11-5-6-11)16-7-8-19(12)14/h10-11,13,16H,5-9H2,1-4H3. The third kappa shape index (κ3) is 2.55. The highest BCUT2D eigenvalue weighted by Crippen LogP contribution is 2.41. The van der Waals surface area contributed by atoms with Crippen molar-refractivity contribution in [2.45, 2.75) is 59.5 Å². The lowest BCUT2D eigenvalue weighted by molar-refractivity contribution is 0.252. The van der Waals surface area contributed by atoms with Crippen LogP contribution in [0.2, 0.25) is 0 Å². The van der Waals surface area contributed by atoms with E-state index in [0.717, 1.165) is 25.4 Å². The number of hydrogen-bond donors (Lipinski definition) is 1. The molecule has 0 radical (unpaired) electrons. The molecule has 0 saturated heterocycles. The van der Waals surface area contributed by atoms with Crippen LogP contribution in [0.3, 0.4) is 0 Å². The van der Waals surface area contributed by atoms with E-state index in [4.69, 9.17) is 0 Å². The average molecular weight is 262 g/mol. The normalized spacial score (nSPS) is 25.2. The van der Waals surface area contributed by atoms with Crippen LogP contribution < -0.4 is 5.32 Å². The molecule has 2 unspecified atom stereocenters. The fourth-order valence-electron chi connectivity index (χ4n) is 2.78. The van der Waals surface area contributed by atoms with Crippen molar-refractivity contribution < 1.29 is 0 Å². The molecule has 2 heterocycles. The lowest BCUT2D eigenvalue weighted by Crippen LogP contribution is -2.35. The Bertz CT molecular complexity index is 453. The van der Waals surface area contributed by atoms with Gasteiger partial charge in [-0.2, -0.15) is 0 Å². The van der Waals surface area contributed by atoms with Crippen molar-refractivity contribution in [1.82, 2.24) is 20.1 Å². The van der Waals surface area contributed by atoms with E-state index in [1.54, 1.807) is 0 Å². The van der Waals surface area contributed by atoms with Crippen molar-refractivity contribution in [2.24, 2.45) is 17.3 Å². The Morgan fingerprint density at radius 2 is 2.05 bits per heavy atom. The van der Waals surface area contributed by atoms with Gasteiger partial charge in [-0.05, 0) is 30.1 Å². The molecule has 1 N–H and O–H groups in total. The predicted molar refractivity (Wildman–Crippen MR) is 75.8 cm³/mol. The number of rotatable bonds is 3. The van der Waals surface area contributed by atoms with Gasteiger partial charge in [0.2, 0.25) is 0 Å². The number of nitrogens with one attached hydrogen (secondary N) is 1. The molecule has 1 fully saturated rings. The van der Waals surface area contributed by atoms with E-state index in [2.05, 4.69) is 47.8 Å². The van der Waals surface area contributed by atoms with Gasteiger partial charge < -0.3 is 9.88 Å². The van der Waals surface area contributed by atoms with Gasteiger partial charge in [-0.1, -0.05) is 27.7 Å². The summed E-state index contributed by atoms with van der Waals surface area (Å²) in [5, 5.41) is 12.6. The molecule has 0 amide bonds. The Morgan fingerprint density at radius 1 is 1.32 bits per heavy atom. The Hall–Kier alpha value is -0.900. The molecule has 2 atom stereocenters. The second kappa shape index (κ2) is 4.58. The van der Waals surface area contributed by atoms with E-state index in [0.29, 0.717) is 17.4 Å². The smallest absolute Gasteiger partial charge is 0.150 e. The third-order valence-corrected chi connectivity index (χ3v) is 4.89. The highest BCUT2D eigenvalue weighted by atomic mass is 15.3. The van der Waals surface area contributed by atoms with Crippen LogP contribution in [-0.2, 0) is 13.0 Å². The van der Waals surface area contributed by atoms with Crippen LogP contribution in [-0.4, -0.2) is 21.3 Å². The largest absolute Gasteiger partial charge is 0.312 e. The van der Waals surface area contributed by atoms with Crippen molar-refractivity contribution in [1.29, 1.82) is 0 Å². The Balaban J connectivity index is 1.80. The van der Waals surface area contributed by atoms with Crippen LogP contribution in [0, 0.1) is 17.3 Å². The fraction of sp³-hybridized carbons (Fsp3) is 0.867. The summed E-state index contributed by atoms with van der Waals surface area (Å²) < 4.78 is 2.38. The first-order chi connectivity index (χ1) is 8.97.